The van der Waals surface area contributed by atoms with E-state index in [1.807, 2.05) is 67.6 Å². The van der Waals surface area contributed by atoms with Gasteiger partial charge in [-0.05, 0) is 49.1 Å². The minimum absolute atomic E-state index is 0.0840. The largest absolute Gasteiger partial charge is 0.497 e. The molecule has 0 aliphatic heterocycles. The van der Waals surface area contributed by atoms with E-state index in [-0.39, 0.29) is 18.4 Å². The molecule has 0 unspecified atom stereocenters. The Hall–Kier alpha value is -4.20. The Morgan fingerprint density at radius 2 is 1.78 bits per heavy atom. The third-order valence-corrected chi connectivity index (χ3v) is 6.23. The van der Waals surface area contributed by atoms with Gasteiger partial charge < -0.3 is 10.1 Å². The third kappa shape index (κ3) is 6.14. The predicted octanol–water partition coefficient (Wildman–Crippen LogP) is 4.69. The second-order valence-electron chi connectivity index (χ2n) is 9.49. The Balaban J connectivity index is 1.78. The summed E-state index contributed by atoms with van der Waals surface area (Å²) in [5.41, 5.74) is 3.78. The average Bonchev–Trinajstić information content (AvgIpc) is 3.30. The Morgan fingerprint density at radius 1 is 1.03 bits per heavy atom. The molecular formula is C29H33N5O3. The summed E-state index contributed by atoms with van der Waals surface area (Å²) < 4.78 is 7.00. The van der Waals surface area contributed by atoms with Gasteiger partial charge in [0.15, 0.2) is 0 Å². The number of nitrogens with one attached hydrogen (secondary N) is 1. The maximum Gasteiger partial charge on any atom is 0.249 e. The number of carbonyl (C=O) groups excluding carboxylic acids is 2. The first-order valence-corrected chi connectivity index (χ1v) is 12.5. The molecule has 37 heavy (non-hydrogen) atoms. The van der Waals surface area contributed by atoms with Gasteiger partial charge >= 0.3 is 0 Å². The van der Waals surface area contributed by atoms with Crippen molar-refractivity contribution < 1.29 is 14.3 Å². The lowest BCUT2D eigenvalue weighted by atomic mass is 10.0. The topological polar surface area (TPSA) is 89.3 Å². The molecule has 0 radical (unpaired) electrons. The van der Waals surface area contributed by atoms with Gasteiger partial charge in [0.1, 0.15) is 23.9 Å². The van der Waals surface area contributed by atoms with E-state index in [1.54, 1.807) is 23.9 Å². The lowest BCUT2D eigenvalue weighted by Crippen LogP contribution is -2.45. The first-order valence-electron chi connectivity index (χ1n) is 12.5. The van der Waals surface area contributed by atoms with Crippen LogP contribution in [0.15, 0.2) is 72.8 Å². The fourth-order valence-electron chi connectivity index (χ4n) is 4.18. The fraction of sp³-hybridized carbons (Fsp3) is 0.310. The van der Waals surface area contributed by atoms with E-state index in [2.05, 4.69) is 29.5 Å². The van der Waals surface area contributed by atoms with Crippen molar-refractivity contribution in [2.75, 3.05) is 18.6 Å². The lowest BCUT2D eigenvalue weighted by Gasteiger charge is -2.32. The summed E-state index contributed by atoms with van der Waals surface area (Å²) in [5, 5.41) is 11.4. The van der Waals surface area contributed by atoms with E-state index < -0.39 is 6.04 Å². The number of ether oxygens (including phenoxy) is 1. The molecule has 2 amide bonds. The zero-order chi connectivity index (χ0) is 26.4. The Bertz CT molecular complexity index is 1360. The SMILES string of the molecule is COc1cccc(N(C(=O)Cn2nnc3ccccc32)[C@@H](C(=O)NCCC(C)C)c2ccc(C)cc2)c1. The van der Waals surface area contributed by atoms with Crippen LogP contribution in [0, 0.1) is 12.8 Å². The lowest BCUT2D eigenvalue weighted by molar-refractivity contribution is -0.127. The molecular weight excluding hydrogens is 466 g/mol. The zero-order valence-electron chi connectivity index (χ0n) is 21.7. The maximum absolute atomic E-state index is 14.0. The van der Waals surface area contributed by atoms with Crippen LogP contribution in [0.25, 0.3) is 11.0 Å². The van der Waals surface area contributed by atoms with Crippen molar-refractivity contribution in [3.63, 3.8) is 0 Å². The number of para-hydroxylation sites is 1. The van der Waals surface area contributed by atoms with Gasteiger partial charge in [-0.25, -0.2) is 4.68 Å². The number of rotatable bonds is 10. The summed E-state index contributed by atoms with van der Waals surface area (Å²) in [6, 6.07) is 21.5. The van der Waals surface area contributed by atoms with E-state index in [4.69, 9.17) is 4.74 Å². The standard InChI is InChI=1S/C29H33N5O3/c1-20(2)16-17-30-29(36)28(22-14-12-21(3)13-15-22)34(23-8-7-9-24(18-23)37-4)27(35)19-33-26-11-6-5-10-25(26)31-32-33/h5-15,18,20,28H,16-17,19H2,1-4H3,(H,30,36)/t28-/m1/s1. The Labute approximate surface area is 217 Å². The highest BCUT2D eigenvalue weighted by Crippen LogP contribution is 2.31. The highest BCUT2D eigenvalue weighted by atomic mass is 16.5. The van der Waals surface area contributed by atoms with Crippen molar-refractivity contribution >= 4 is 28.5 Å². The summed E-state index contributed by atoms with van der Waals surface area (Å²) in [7, 11) is 1.57. The van der Waals surface area contributed by atoms with Crippen LogP contribution in [0.3, 0.4) is 0 Å². The van der Waals surface area contributed by atoms with Crippen LogP contribution >= 0.6 is 0 Å². The van der Waals surface area contributed by atoms with Crippen molar-refractivity contribution in [3.05, 3.63) is 83.9 Å². The summed E-state index contributed by atoms with van der Waals surface area (Å²) in [5.74, 6) is 0.483. The summed E-state index contributed by atoms with van der Waals surface area (Å²) in [6.45, 7) is 6.64. The van der Waals surface area contributed by atoms with E-state index in [0.717, 1.165) is 17.5 Å². The number of methoxy groups -OCH3 is 1. The quantitative estimate of drug-likeness (QED) is 0.342. The van der Waals surface area contributed by atoms with E-state index >= 15 is 0 Å². The predicted molar refractivity (Wildman–Crippen MR) is 144 cm³/mol. The van der Waals surface area contributed by atoms with Crippen LogP contribution in [-0.4, -0.2) is 40.5 Å². The number of hydrogen-bond donors (Lipinski definition) is 1. The number of aromatic nitrogens is 3. The molecule has 0 bridgehead atoms. The number of aryl methyl sites for hydroxylation is 1. The molecule has 4 rings (SSSR count). The van der Waals surface area contributed by atoms with Gasteiger partial charge in [0.2, 0.25) is 11.8 Å². The molecule has 0 saturated heterocycles. The summed E-state index contributed by atoms with van der Waals surface area (Å²) in [6.07, 6.45) is 0.838. The number of hydrogen-bond acceptors (Lipinski definition) is 5. The number of anilines is 1. The van der Waals surface area contributed by atoms with E-state index in [0.29, 0.717) is 35.0 Å². The van der Waals surface area contributed by atoms with Gasteiger partial charge in [0, 0.05) is 18.3 Å². The van der Waals surface area contributed by atoms with Gasteiger partial charge in [-0.1, -0.05) is 67.1 Å². The second kappa shape index (κ2) is 11.7. The van der Waals surface area contributed by atoms with Crippen LogP contribution < -0.4 is 15.0 Å². The third-order valence-electron chi connectivity index (χ3n) is 6.23. The number of nitrogens with zero attached hydrogens (tertiary/aromatic N) is 4. The van der Waals surface area contributed by atoms with Gasteiger partial charge in [-0.15, -0.1) is 5.10 Å². The molecule has 0 aliphatic rings. The zero-order valence-corrected chi connectivity index (χ0v) is 21.7. The molecule has 4 aromatic rings. The first kappa shape index (κ1) is 25.9. The number of benzene rings is 3. The molecule has 0 aliphatic carbocycles. The molecule has 0 saturated carbocycles. The Kier molecular flexibility index (Phi) is 8.18. The molecule has 3 aromatic carbocycles. The van der Waals surface area contributed by atoms with Crippen LogP contribution in [0.2, 0.25) is 0 Å². The molecule has 1 atom stereocenters. The van der Waals surface area contributed by atoms with Gasteiger partial charge in [-0.3, -0.25) is 14.5 Å². The number of carbonyl (C=O) groups is 2. The molecule has 8 nitrogen and oxygen atoms in total. The van der Waals surface area contributed by atoms with Crippen LogP contribution in [0.4, 0.5) is 5.69 Å². The first-order chi connectivity index (χ1) is 17.9. The van der Waals surface area contributed by atoms with Gasteiger partial charge in [0.25, 0.3) is 0 Å². The normalized spacial score (nSPS) is 11.9. The molecule has 0 spiro atoms. The van der Waals surface area contributed by atoms with Crippen molar-refractivity contribution in [2.45, 2.75) is 39.8 Å². The minimum atomic E-state index is -0.887. The van der Waals surface area contributed by atoms with E-state index in [9.17, 15) is 9.59 Å². The van der Waals surface area contributed by atoms with Gasteiger partial charge in [0.05, 0.1) is 12.6 Å². The van der Waals surface area contributed by atoms with Crippen LogP contribution in [0.1, 0.15) is 37.4 Å². The molecule has 1 N–H and O–H groups in total. The van der Waals surface area contributed by atoms with Crippen molar-refractivity contribution in [1.82, 2.24) is 20.3 Å². The van der Waals surface area contributed by atoms with Gasteiger partial charge in [-0.2, -0.15) is 0 Å². The second-order valence-corrected chi connectivity index (χ2v) is 9.49. The molecule has 1 aromatic heterocycles. The summed E-state index contributed by atoms with van der Waals surface area (Å²) in [4.78, 5) is 29.3. The molecule has 192 valence electrons. The number of amides is 2. The number of fused-ring (bicyclic) bond motifs is 1. The van der Waals surface area contributed by atoms with Crippen LogP contribution in [0.5, 0.6) is 5.75 Å². The highest BCUT2D eigenvalue weighted by Gasteiger charge is 2.33. The van der Waals surface area contributed by atoms with Crippen molar-refractivity contribution in [3.8, 4) is 5.75 Å². The average molecular weight is 500 g/mol. The van der Waals surface area contributed by atoms with Crippen molar-refractivity contribution in [2.24, 2.45) is 5.92 Å². The monoisotopic (exact) mass is 499 g/mol. The summed E-state index contributed by atoms with van der Waals surface area (Å²) >= 11 is 0. The van der Waals surface area contributed by atoms with E-state index in [1.165, 1.54) is 4.90 Å². The highest BCUT2D eigenvalue weighted by molar-refractivity contribution is 6.01. The van der Waals surface area contributed by atoms with Crippen LogP contribution in [-0.2, 0) is 16.1 Å². The van der Waals surface area contributed by atoms with Crippen molar-refractivity contribution in [1.29, 1.82) is 0 Å². The molecule has 1 heterocycles. The maximum atomic E-state index is 14.0. The molecule has 0 fully saturated rings. The minimum Gasteiger partial charge on any atom is -0.497 e. The Morgan fingerprint density at radius 3 is 2.51 bits per heavy atom. The smallest absolute Gasteiger partial charge is 0.249 e. The fourth-order valence-corrected chi connectivity index (χ4v) is 4.18. The molecule has 8 heteroatoms.